The van der Waals surface area contributed by atoms with E-state index in [1.165, 1.54) is 54.7 Å². The first-order valence-electron chi connectivity index (χ1n) is 10.5. The van der Waals surface area contributed by atoms with E-state index in [1.54, 1.807) is 0 Å². The van der Waals surface area contributed by atoms with Gasteiger partial charge in [0.25, 0.3) is 0 Å². The van der Waals surface area contributed by atoms with E-state index in [9.17, 15) is 0 Å². The molecule has 4 aromatic rings. The van der Waals surface area contributed by atoms with Gasteiger partial charge in [0.15, 0.2) is 0 Å². The van der Waals surface area contributed by atoms with Crippen LogP contribution in [-0.4, -0.2) is 36.4 Å². The molecule has 2 unspecified atom stereocenters. The van der Waals surface area contributed by atoms with Crippen LogP contribution in [0.25, 0.3) is 27.8 Å². The predicted molar refractivity (Wildman–Crippen MR) is 109 cm³/mol. The van der Waals surface area contributed by atoms with E-state index in [1.807, 2.05) is 12.4 Å². The first-order valence-corrected chi connectivity index (χ1v) is 10.5. The molecule has 5 heteroatoms. The van der Waals surface area contributed by atoms with Gasteiger partial charge in [-0.25, -0.2) is 9.97 Å². The molecule has 3 aliphatic rings. The molecule has 5 nitrogen and oxygen atoms in total. The third-order valence-electron chi connectivity index (χ3n) is 7.19. The van der Waals surface area contributed by atoms with Gasteiger partial charge < -0.3 is 8.97 Å². The van der Waals surface area contributed by atoms with Gasteiger partial charge in [0.05, 0.1) is 17.2 Å². The van der Waals surface area contributed by atoms with Gasteiger partial charge >= 0.3 is 0 Å². The maximum atomic E-state index is 5.09. The third-order valence-corrected chi connectivity index (χ3v) is 7.19. The molecule has 2 atom stereocenters. The monoisotopic (exact) mass is 369 g/mol. The van der Waals surface area contributed by atoms with Crippen molar-refractivity contribution in [2.45, 2.75) is 44.3 Å². The van der Waals surface area contributed by atoms with E-state index in [0.29, 0.717) is 6.17 Å². The second kappa shape index (κ2) is 5.45. The number of aromatic nitrogens is 4. The summed E-state index contributed by atoms with van der Waals surface area (Å²) in [6, 6.07) is 11.8. The Labute approximate surface area is 163 Å². The number of rotatable bonds is 2. The first-order chi connectivity index (χ1) is 13.8. The molecular formula is C23H23N5. The molecule has 2 bridgehead atoms. The van der Waals surface area contributed by atoms with Crippen LogP contribution in [-0.2, 0) is 6.42 Å². The van der Waals surface area contributed by atoms with Gasteiger partial charge in [0.1, 0.15) is 11.5 Å². The van der Waals surface area contributed by atoms with Crippen LogP contribution in [0, 0.1) is 5.92 Å². The highest BCUT2D eigenvalue weighted by Gasteiger charge is 2.44. The molecular weight excluding hydrogens is 346 g/mol. The zero-order valence-corrected chi connectivity index (χ0v) is 15.8. The lowest BCUT2D eigenvalue weighted by atomic mass is 9.91. The number of nitrogens with zero attached hydrogens (tertiary/aromatic N) is 5. The van der Waals surface area contributed by atoms with E-state index in [4.69, 9.17) is 4.98 Å². The minimum Gasteiger partial charge on any atom is -0.311 e. The fourth-order valence-electron chi connectivity index (χ4n) is 5.59. The Kier molecular flexibility index (Phi) is 2.97. The van der Waals surface area contributed by atoms with Crippen LogP contribution >= 0.6 is 0 Å². The second-order valence-electron chi connectivity index (χ2n) is 8.78. The largest absolute Gasteiger partial charge is 0.311 e. The minimum absolute atomic E-state index is 0.525. The van der Waals surface area contributed by atoms with Crippen LogP contribution in [0.4, 0.5) is 0 Å². The highest BCUT2D eigenvalue weighted by molar-refractivity contribution is 5.83. The Balaban J connectivity index is 1.33. The topological polar surface area (TPSA) is 38.4 Å². The summed E-state index contributed by atoms with van der Waals surface area (Å²) in [4.78, 5) is 12.2. The predicted octanol–water partition coefficient (Wildman–Crippen LogP) is 4.28. The Hall–Kier alpha value is -2.66. The number of fused-ring (bicyclic) bond motifs is 7. The number of hydrogen-bond acceptors (Lipinski definition) is 3. The number of imidazole rings is 2. The first kappa shape index (κ1) is 15.3. The fraction of sp³-hybridized carbons (Fsp3) is 0.391. The van der Waals surface area contributed by atoms with Crippen molar-refractivity contribution in [1.82, 2.24) is 23.8 Å². The van der Waals surface area contributed by atoms with Gasteiger partial charge in [-0.2, -0.15) is 0 Å². The summed E-state index contributed by atoms with van der Waals surface area (Å²) in [6.07, 6.45) is 13.1. The Morgan fingerprint density at radius 2 is 1.96 bits per heavy atom. The Morgan fingerprint density at radius 3 is 2.86 bits per heavy atom. The van der Waals surface area contributed by atoms with E-state index < -0.39 is 0 Å². The van der Waals surface area contributed by atoms with Crippen molar-refractivity contribution in [3.63, 3.8) is 0 Å². The zero-order valence-electron chi connectivity index (χ0n) is 15.8. The zero-order chi connectivity index (χ0) is 18.2. The smallest absolute Gasteiger partial charge is 0.136 e. The van der Waals surface area contributed by atoms with Crippen LogP contribution in [0.15, 0.2) is 48.9 Å². The molecule has 1 saturated carbocycles. The summed E-state index contributed by atoms with van der Waals surface area (Å²) in [6.45, 7) is 1.27. The third kappa shape index (κ3) is 2.05. The molecule has 140 valence electrons. The van der Waals surface area contributed by atoms with Crippen molar-refractivity contribution >= 4 is 16.7 Å². The number of likely N-dealkylation sites (tertiary alicyclic amines) is 1. The Bertz CT molecular complexity index is 1210. The summed E-state index contributed by atoms with van der Waals surface area (Å²) in [5.41, 5.74) is 5.85. The minimum atomic E-state index is 0.525. The molecule has 5 heterocycles. The average Bonchev–Trinajstić information content (AvgIpc) is 3.35. The standard InChI is InChI=1S/C23H23N5/c1-2-18(3-1)27-13-15-10-22-25-19-12-16(4-6-20(19)28(22)23(27)11-15)17-5-7-21-24-8-9-26(21)14-17/h4-9,12,14-15,18,23H,1-3,10-11,13H2. The van der Waals surface area contributed by atoms with Crippen molar-refractivity contribution in [3.05, 3.63) is 54.7 Å². The lowest BCUT2D eigenvalue weighted by molar-refractivity contribution is 0.0822. The van der Waals surface area contributed by atoms with Gasteiger partial charge in [0, 0.05) is 37.6 Å². The van der Waals surface area contributed by atoms with E-state index in [2.05, 4.69) is 55.4 Å². The molecule has 0 amide bonds. The maximum absolute atomic E-state index is 5.09. The van der Waals surface area contributed by atoms with Crippen LogP contribution in [0.5, 0.6) is 0 Å². The molecule has 3 aromatic heterocycles. The lowest BCUT2D eigenvalue weighted by Crippen LogP contribution is -2.41. The maximum Gasteiger partial charge on any atom is 0.136 e. The lowest BCUT2D eigenvalue weighted by Gasteiger charge is -2.39. The summed E-state index contributed by atoms with van der Waals surface area (Å²) in [7, 11) is 0. The molecule has 2 aliphatic heterocycles. The van der Waals surface area contributed by atoms with Gasteiger partial charge in [-0.1, -0.05) is 12.5 Å². The van der Waals surface area contributed by atoms with Crippen LogP contribution in [0.1, 0.15) is 37.7 Å². The van der Waals surface area contributed by atoms with Crippen LogP contribution in [0.3, 0.4) is 0 Å². The van der Waals surface area contributed by atoms with Crippen molar-refractivity contribution in [2.24, 2.45) is 5.92 Å². The molecule has 0 N–H and O–H groups in total. The summed E-state index contributed by atoms with van der Waals surface area (Å²) in [5, 5.41) is 0. The number of hydrogen-bond donors (Lipinski definition) is 0. The molecule has 0 spiro atoms. The SMILES string of the molecule is c1cn2cc(-c3ccc4c(c3)nc3n4C4CC(C3)CN4C3CCC3)ccc2n1. The normalized spacial score (nSPS) is 24.7. The molecule has 1 saturated heterocycles. The average molecular weight is 369 g/mol. The van der Waals surface area contributed by atoms with Crippen molar-refractivity contribution in [1.29, 1.82) is 0 Å². The molecule has 1 aliphatic carbocycles. The number of benzene rings is 1. The summed E-state index contributed by atoms with van der Waals surface area (Å²) in [5.74, 6) is 2.08. The molecule has 2 fully saturated rings. The summed E-state index contributed by atoms with van der Waals surface area (Å²) < 4.78 is 4.63. The van der Waals surface area contributed by atoms with Crippen molar-refractivity contribution < 1.29 is 0 Å². The van der Waals surface area contributed by atoms with Crippen LogP contribution in [0.2, 0.25) is 0 Å². The number of pyridine rings is 1. The highest BCUT2D eigenvalue weighted by Crippen LogP contribution is 2.45. The van der Waals surface area contributed by atoms with E-state index in [-0.39, 0.29) is 0 Å². The van der Waals surface area contributed by atoms with Gasteiger partial charge in [-0.3, -0.25) is 4.90 Å². The molecule has 0 radical (unpaired) electrons. The van der Waals surface area contributed by atoms with Gasteiger partial charge in [-0.15, -0.1) is 0 Å². The van der Waals surface area contributed by atoms with E-state index in [0.717, 1.165) is 29.5 Å². The quantitative estimate of drug-likeness (QED) is 0.529. The molecule has 1 aromatic carbocycles. The highest BCUT2D eigenvalue weighted by atomic mass is 15.4. The molecule has 7 rings (SSSR count). The fourth-order valence-corrected chi connectivity index (χ4v) is 5.59. The summed E-state index contributed by atoms with van der Waals surface area (Å²) >= 11 is 0. The Morgan fingerprint density at radius 1 is 1.04 bits per heavy atom. The van der Waals surface area contributed by atoms with Gasteiger partial charge in [-0.05, 0) is 60.6 Å². The molecule has 28 heavy (non-hydrogen) atoms. The van der Waals surface area contributed by atoms with Crippen LogP contribution < -0.4 is 0 Å². The van der Waals surface area contributed by atoms with Gasteiger partial charge in [0.2, 0.25) is 0 Å². The van der Waals surface area contributed by atoms with Crippen molar-refractivity contribution in [3.8, 4) is 11.1 Å². The van der Waals surface area contributed by atoms with Crippen molar-refractivity contribution in [2.75, 3.05) is 6.54 Å². The van der Waals surface area contributed by atoms with E-state index >= 15 is 0 Å². The second-order valence-corrected chi connectivity index (χ2v) is 8.78.